The Kier molecular flexibility index (Phi) is 6.91. The summed E-state index contributed by atoms with van der Waals surface area (Å²) in [5.74, 6) is 0. The molecule has 0 N–H and O–H groups in total. The summed E-state index contributed by atoms with van der Waals surface area (Å²) in [6, 6.07) is 40.4. The lowest BCUT2D eigenvalue weighted by Gasteiger charge is -2.28. The van der Waals surface area contributed by atoms with Crippen molar-refractivity contribution in [1.29, 1.82) is 0 Å². The molecule has 0 heterocycles. The van der Waals surface area contributed by atoms with Crippen LogP contribution in [0.2, 0.25) is 0 Å². The zero-order valence-corrected chi connectivity index (χ0v) is 18.6. The molecular formula is C27H26ClP. The molecule has 0 aromatic heterocycles. The van der Waals surface area contributed by atoms with Gasteiger partial charge in [-0.3, -0.25) is 0 Å². The summed E-state index contributed by atoms with van der Waals surface area (Å²) in [5, 5.41) is 4.32. The molecule has 4 aromatic rings. The largest absolute Gasteiger partial charge is 1.00 e. The molecule has 4 aromatic carbocycles. The van der Waals surface area contributed by atoms with Gasteiger partial charge in [0.05, 0.1) is 6.16 Å². The van der Waals surface area contributed by atoms with Crippen molar-refractivity contribution in [3.05, 3.63) is 126 Å². The van der Waals surface area contributed by atoms with Crippen LogP contribution in [0.1, 0.15) is 16.7 Å². The summed E-state index contributed by atoms with van der Waals surface area (Å²) >= 11 is 0. The van der Waals surface area contributed by atoms with E-state index in [1.165, 1.54) is 32.6 Å². The van der Waals surface area contributed by atoms with E-state index in [-0.39, 0.29) is 12.4 Å². The average Bonchev–Trinajstić information content (AvgIpc) is 2.75. The van der Waals surface area contributed by atoms with Gasteiger partial charge in [0.1, 0.15) is 23.2 Å². The minimum absolute atomic E-state index is 0. The van der Waals surface area contributed by atoms with Crippen LogP contribution in [-0.2, 0) is 6.16 Å². The monoisotopic (exact) mass is 416 g/mol. The molecule has 2 heteroatoms. The van der Waals surface area contributed by atoms with E-state index in [2.05, 4.69) is 123 Å². The third-order valence-electron chi connectivity index (χ3n) is 5.41. The molecule has 29 heavy (non-hydrogen) atoms. The van der Waals surface area contributed by atoms with Crippen molar-refractivity contribution >= 4 is 23.2 Å². The van der Waals surface area contributed by atoms with Gasteiger partial charge in [0.15, 0.2) is 0 Å². The van der Waals surface area contributed by atoms with Crippen molar-refractivity contribution in [2.75, 3.05) is 0 Å². The molecule has 4 rings (SSSR count). The second-order valence-corrected chi connectivity index (χ2v) is 10.9. The molecule has 0 aliphatic carbocycles. The van der Waals surface area contributed by atoms with E-state index >= 15 is 0 Å². The Labute approximate surface area is 181 Å². The van der Waals surface area contributed by atoms with Crippen LogP contribution in [0.25, 0.3) is 0 Å². The average molecular weight is 417 g/mol. The smallest absolute Gasteiger partial charge is 0.116 e. The molecule has 0 aliphatic heterocycles. The second kappa shape index (κ2) is 9.40. The molecule has 146 valence electrons. The molecule has 0 amide bonds. The highest BCUT2D eigenvalue weighted by Crippen LogP contribution is 2.58. The summed E-state index contributed by atoms with van der Waals surface area (Å²) in [5.41, 5.74) is 4.00. The van der Waals surface area contributed by atoms with Gasteiger partial charge in [-0.1, -0.05) is 83.9 Å². The van der Waals surface area contributed by atoms with E-state index in [4.69, 9.17) is 0 Å². The highest BCUT2D eigenvalue weighted by atomic mass is 35.5. The summed E-state index contributed by atoms with van der Waals surface area (Å²) < 4.78 is 0. The molecule has 0 saturated heterocycles. The Bertz CT molecular complexity index is 978. The standard InChI is InChI=1S/C27H26P.ClH/c1-22-13-17-26(18-14-22)28(25-11-7-4-8-12-25,21-24-9-5-3-6-10-24)27-19-15-23(2)16-20-27;/h3-20H,21H2,1-2H3;1H/q+1;/p-1. The van der Waals surface area contributed by atoms with Gasteiger partial charge >= 0.3 is 0 Å². The van der Waals surface area contributed by atoms with Gasteiger partial charge < -0.3 is 12.4 Å². The normalized spacial score (nSPS) is 11.0. The molecule has 0 saturated carbocycles. The first-order chi connectivity index (χ1) is 13.7. The Morgan fingerprint density at radius 2 is 0.862 bits per heavy atom. The van der Waals surface area contributed by atoms with Gasteiger partial charge in [0, 0.05) is 0 Å². The minimum Gasteiger partial charge on any atom is -1.00 e. The molecule has 0 spiro atoms. The molecule has 0 fully saturated rings. The molecule has 0 unspecified atom stereocenters. The van der Waals surface area contributed by atoms with Gasteiger partial charge in [-0.15, -0.1) is 0 Å². The Morgan fingerprint density at radius 1 is 0.483 bits per heavy atom. The van der Waals surface area contributed by atoms with Crippen LogP contribution in [-0.4, -0.2) is 0 Å². The fourth-order valence-corrected chi connectivity index (χ4v) is 8.06. The first kappa shape index (κ1) is 21.3. The summed E-state index contributed by atoms with van der Waals surface area (Å²) in [6.07, 6.45) is 1.03. The van der Waals surface area contributed by atoms with Gasteiger partial charge in [-0.05, 0) is 55.8 Å². The van der Waals surface area contributed by atoms with Crippen molar-refractivity contribution in [3.8, 4) is 0 Å². The highest BCUT2D eigenvalue weighted by Gasteiger charge is 2.45. The lowest BCUT2D eigenvalue weighted by atomic mass is 10.2. The second-order valence-electron chi connectivity index (χ2n) is 7.46. The predicted octanol–water partition coefficient (Wildman–Crippen LogP) is 2.80. The van der Waals surface area contributed by atoms with E-state index in [9.17, 15) is 0 Å². The first-order valence-electron chi connectivity index (χ1n) is 9.80. The van der Waals surface area contributed by atoms with Crippen LogP contribution in [0.5, 0.6) is 0 Å². The maximum Gasteiger partial charge on any atom is 0.116 e. The molecule has 0 radical (unpaired) electrons. The van der Waals surface area contributed by atoms with Crippen molar-refractivity contribution in [3.63, 3.8) is 0 Å². The number of rotatable bonds is 5. The SMILES string of the molecule is Cc1ccc([P+](Cc2ccccc2)(c2ccccc2)c2ccc(C)cc2)cc1.[Cl-]. The number of aryl methyl sites for hydroxylation is 2. The predicted molar refractivity (Wildman–Crippen MR) is 125 cm³/mol. The molecule has 0 nitrogen and oxygen atoms in total. The van der Waals surface area contributed by atoms with Crippen LogP contribution in [0.3, 0.4) is 0 Å². The fraction of sp³-hybridized carbons (Fsp3) is 0.111. The van der Waals surface area contributed by atoms with E-state index in [0.717, 1.165) is 6.16 Å². The number of halogens is 1. The van der Waals surface area contributed by atoms with Crippen molar-refractivity contribution < 1.29 is 12.4 Å². The Morgan fingerprint density at radius 3 is 1.31 bits per heavy atom. The van der Waals surface area contributed by atoms with Crippen LogP contribution >= 0.6 is 7.26 Å². The Balaban J connectivity index is 0.00000240. The third kappa shape index (κ3) is 4.45. The number of benzene rings is 4. The minimum atomic E-state index is -1.81. The maximum absolute atomic E-state index is 2.35. The summed E-state index contributed by atoms with van der Waals surface area (Å²) in [6.45, 7) is 4.32. The lowest BCUT2D eigenvalue weighted by Crippen LogP contribution is -3.00. The van der Waals surface area contributed by atoms with Gasteiger partial charge in [0.2, 0.25) is 0 Å². The topological polar surface area (TPSA) is 0 Å². The van der Waals surface area contributed by atoms with Crippen LogP contribution in [0.4, 0.5) is 0 Å². The van der Waals surface area contributed by atoms with Crippen LogP contribution in [0, 0.1) is 13.8 Å². The van der Waals surface area contributed by atoms with Crippen LogP contribution < -0.4 is 28.3 Å². The molecule has 0 aliphatic rings. The lowest BCUT2D eigenvalue weighted by molar-refractivity contribution is -0.00000562. The van der Waals surface area contributed by atoms with E-state index in [0.29, 0.717) is 0 Å². The van der Waals surface area contributed by atoms with Crippen molar-refractivity contribution in [1.82, 2.24) is 0 Å². The first-order valence-corrected chi connectivity index (χ1v) is 11.8. The summed E-state index contributed by atoms with van der Waals surface area (Å²) in [7, 11) is -1.81. The Hall–Kier alpha value is -2.40. The molecule has 0 bridgehead atoms. The summed E-state index contributed by atoms with van der Waals surface area (Å²) in [4.78, 5) is 0. The van der Waals surface area contributed by atoms with Crippen LogP contribution in [0.15, 0.2) is 109 Å². The highest BCUT2D eigenvalue weighted by molar-refractivity contribution is 7.95. The van der Waals surface area contributed by atoms with Gasteiger partial charge in [-0.2, -0.15) is 0 Å². The zero-order valence-electron chi connectivity index (χ0n) is 16.9. The maximum atomic E-state index is 2.35. The van der Waals surface area contributed by atoms with E-state index in [1.807, 2.05) is 0 Å². The zero-order chi connectivity index (χ0) is 19.4. The van der Waals surface area contributed by atoms with Crippen molar-refractivity contribution in [2.45, 2.75) is 20.0 Å². The number of hydrogen-bond donors (Lipinski definition) is 0. The van der Waals surface area contributed by atoms with E-state index < -0.39 is 7.26 Å². The third-order valence-corrected chi connectivity index (χ3v) is 9.79. The van der Waals surface area contributed by atoms with Gasteiger partial charge in [-0.25, -0.2) is 0 Å². The molecule has 0 atom stereocenters. The van der Waals surface area contributed by atoms with Crippen molar-refractivity contribution in [2.24, 2.45) is 0 Å². The van der Waals surface area contributed by atoms with Gasteiger partial charge in [0.25, 0.3) is 0 Å². The van der Waals surface area contributed by atoms with E-state index in [1.54, 1.807) is 0 Å². The number of hydrogen-bond acceptors (Lipinski definition) is 0. The molecular weight excluding hydrogens is 391 g/mol. The fourth-order valence-electron chi connectivity index (χ4n) is 3.86. The quantitative estimate of drug-likeness (QED) is 0.439.